The van der Waals surface area contributed by atoms with Crippen LogP contribution in [0.3, 0.4) is 0 Å². The van der Waals surface area contributed by atoms with Crippen molar-refractivity contribution in [1.82, 2.24) is 24.5 Å². The number of amides is 1. The molecule has 0 radical (unpaired) electrons. The molecule has 0 atom stereocenters. The molecule has 1 aliphatic rings. The Labute approximate surface area is 248 Å². The molecule has 0 spiro atoms. The van der Waals surface area contributed by atoms with Gasteiger partial charge in [0.25, 0.3) is 5.92 Å². The van der Waals surface area contributed by atoms with Gasteiger partial charge in [0, 0.05) is 58.9 Å². The van der Waals surface area contributed by atoms with E-state index in [0.29, 0.717) is 31.9 Å². The van der Waals surface area contributed by atoms with Gasteiger partial charge in [0.05, 0.1) is 19.4 Å². The third-order valence-electron chi connectivity index (χ3n) is 7.23. The normalized spacial score (nSPS) is 14.3. The Morgan fingerprint density at radius 1 is 1.14 bits per heavy atom. The van der Waals surface area contributed by atoms with Crippen LogP contribution in [0.4, 0.5) is 31.9 Å². The lowest BCUT2D eigenvalue weighted by Gasteiger charge is -2.37. The summed E-state index contributed by atoms with van der Waals surface area (Å²) in [5, 5.41) is 4.35. The summed E-state index contributed by atoms with van der Waals surface area (Å²) in [7, 11) is 1.79. The highest BCUT2D eigenvalue weighted by atomic mass is 19.3. The summed E-state index contributed by atoms with van der Waals surface area (Å²) in [5.41, 5.74) is 7.62. The van der Waals surface area contributed by atoms with E-state index in [1.54, 1.807) is 24.1 Å². The zero-order valence-electron chi connectivity index (χ0n) is 24.6. The van der Waals surface area contributed by atoms with E-state index in [4.69, 9.17) is 14.9 Å². The van der Waals surface area contributed by atoms with Crippen molar-refractivity contribution < 1.29 is 22.7 Å². The zero-order valence-corrected chi connectivity index (χ0v) is 24.6. The monoisotopic (exact) mass is 597 g/mol. The number of alkyl halides is 2. The molecule has 4 heterocycles. The summed E-state index contributed by atoms with van der Waals surface area (Å²) in [4.78, 5) is 28.5. The first kappa shape index (κ1) is 30.0. The molecule has 5 rings (SSSR count). The smallest absolute Gasteiger partial charge is 0.263 e. The van der Waals surface area contributed by atoms with Crippen LogP contribution in [0, 0.1) is 0 Å². The van der Waals surface area contributed by atoms with Crippen LogP contribution in [0.2, 0.25) is 0 Å². The minimum absolute atomic E-state index is 0.000240. The standard InChI is InChI=1S/C29H37F2N9O3/c1-4-17-42-22-9-7-21(8-10-22)38-15-13-37(14-16-38)12-11-36(3)26-24(39(20-41)19-29(2,30)31)27-33-25(23-6-5-18-43-23)35-40(27)28(32)34-26/h5-10,18,20H,4,11-17,19H2,1-3H3,(H2,32,34). The van der Waals surface area contributed by atoms with E-state index in [0.717, 1.165) is 55.9 Å². The fraction of sp³-hybridized carbons (Fsp3) is 0.448. The van der Waals surface area contributed by atoms with Crippen molar-refractivity contribution in [2.24, 2.45) is 0 Å². The summed E-state index contributed by atoms with van der Waals surface area (Å²) in [6.45, 7) is 7.29. The lowest BCUT2D eigenvalue weighted by atomic mass is 10.2. The molecule has 0 bridgehead atoms. The van der Waals surface area contributed by atoms with Crippen LogP contribution in [-0.4, -0.2) is 96.3 Å². The van der Waals surface area contributed by atoms with Crippen LogP contribution in [-0.2, 0) is 4.79 Å². The molecule has 4 aromatic rings. The molecule has 43 heavy (non-hydrogen) atoms. The quantitative estimate of drug-likeness (QED) is 0.229. The zero-order chi connectivity index (χ0) is 30.6. The summed E-state index contributed by atoms with van der Waals surface area (Å²) in [6, 6.07) is 11.5. The molecule has 12 nitrogen and oxygen atoms in total. The maximum Gasteiger partial charge on any atom is 0.263 e. The number of hydrogen-bond acceptors (Lipinski definition) is 10. The number of nitrogen functional groups attached to an aromatic ring is 1. The lowest BCUT2D eigenvalue weighted by Crippen LogP contribution is -2.48. The molecular formula is C29H37F2N9O3. The number of ether oxygens (including phenoxy) is 1. The number of fused-ring (bicyclic) bond motifs is 1. The van der Waals surface area contributed by atoms with Gasteiger partial charge in [-0.15, -0.1) is 5.10 Å². The van der Waals surface area contributed by atoms with Crippen LogP contribution >= 0.6 is 0 Å². The average Bonchev–Trinajstić information content (AvgIpc) is 3.69. The predicted molar refractivity (Wildman–Crippen MR) is 161 cm³/mol. The number of halogens is 2. The minimum Gasteiger partial charge on any atom is -0.494 e. The molecule has 2 N–H and O–H groups in total. The Bertz CT molecular complexity index is 1500. The maximum absolute atomic E-state index is 14.2. The summed E-state index contributed by atoms with van der Waals surface area (Å²) in [5.74, 6) is -1.49. The van der Waals surface area contributed by atoms with Gasteiger partial charge < -0.3 is 29.6 Å². The molecule has 0 unspecified atom stereocenters. The number of nitrogens with two attached hydrogens (primary N) is 1. The molecular weight excluding hydrogens is 560 g/mol. The topological polar surface area (TPSA) is 122 Å². The fourth-order valence-electron chi connectivity index (χ4n) is 5.04. The van der Waals surface area contributed by atoms with Crippen molar-refractivity contribution in [2.75, 3.05) is 79.9 Å². The Morgan fingerprint density at radius 3 is 2.51 bits per heavy atom. The van der Waals surface area contributed by atoms with E-state index >= 15 is 0 Å². The van der Waals surface area contributed by atoms with Gasteiger partial charge in [0.2, 0.25) is 18.2 Å². The van der Waals surface area contributed by atoms with Gasteiger partial charge in [-0.25, -0.2) is 13.8 Å². The second-order valence-electron chi connectivity index (χ2n) is 10.7. The fourth-order valence-corrected chi connectivity index (χ4v) is 5.04. The van der Waals surface area contributed by atoms with E-state index in [1.807, 2.05) is 12.1 Å². The molecule has 1 aliphatic heterocycles. The Morgan fingerprint density at radius 2 is 1.88 bits per heavy atom. The average molecular weight is 598 g/mol. The minimum atomic E-state index is -3.17. The molecule has 1 amide bonds. The number of anilines is 4. The first-order valence-electron chi connectivity index (χ1n) is 14.3. The largest absolute Gasteiger partial charge is 0.494 e. The third-order valence-corrected chi connectivity index (χ3v) is 7.23. The van der Waals surface area contributed by atoms with E-state index in [2.05, 4.69) is 43.9 Å². The van der Waals surface area contributed by atoms with Gasteiger partial charge in [0.15, 0.2) is 17.2 Å². The predicted octanol–water partition coefficient (Wildman–Crippen LogP) is 3.63. The van der Waals surface area contributed by atoms with Gasteiger partial charge >= 0.3 is 0 Å². The first-order chi connectivity index (χ1) is 20.7. The maximum atomic E-state index is 14.2. The number of carbonyl (C=O) groups is 1. The van der Waals surface area contributed by atoms with E-state index in [9.17, 15) is 13.6 Å². The number of likely N-dealkylation sites (N-methyl/N-ethyl adjacent to an activating group) is 1. The van der Waals surface area contributed by atoms with Gasteiger partial charge in [0.1, 0.15) is 11.4 Å². The Balaban J connectivity index is 1.32. The number of hydrogen-bond donors (Lipinski definition) is 1. The third kappa shape index (κ3) is 6.96. The molecule has 3 aromatic heterocycles. The highest BCUT2D eigenvalue weighted by Gasteiger charge is 2.31. The molecule has 1 saturated heterocycles. The molecule has 0 aliphatic carbocycles. The van der Waals surface area contributed by atoms with E-state index in [-0.39, 0.29) is 28.9 Å². The molecule has 14 heteroatoms. The van der Waals surface area contributed by atoms with E-state index < -0.39 is 12.5 Å². The van der Waals surface area contributed by atoms with Crippen molar-refractivity contribution in [3.63, 3.8) is 0 Å². The number of benzene rings is 1. The highest BCUT2D eigenvalue weighted by Crippen LogP contribution is 2.34. The summed E-state index contributed by atoms with van der Waals surface area (Å²) < 4.78 is 40.7. The number of furan rings is 1. The number of piperazine rings is 1. The van der Waals surface area contributed by atoms with Crippen molar-refractivity contribution >= 4 is 35.2 Å². The molecule has 0 saturated carbocycles. The summed E-state index contributed by atoms with van der Waals surface area (Å²) >= 11 is 0. The molecule has 1 fully saturated rings. The lowest BCUT2D eigenvalue weighted by molar-refractivity contribution is -0.108. The SMILES string of the molecule is CCCOc1ccc(N2CCN(CCN(C)c3nc(N)n4nc(-c5ccco5)nc4c3N(C=O)CC(C)(F)F)CC2)cc1. The van der Waals surface area contributed by atoms with Crippen LogP contribution in [0.5, 0.6) is 5.75 Å². The van der Waals surface area contributed by atoms with Gasteiger partial charge in [-0.05, 0) is 42.8 Å². The van der Waals surface area contributed by atoms with Crippen molar-refractivity contribution in [2.45, 2.75) is 26.2 Å². The van der Waals surface area contributed by atoms with Crippen molar-refractivity contribution in [3.05, 3.63) is 42.7 Å². The first-order valence-corrected chi connectivity index (χ1v) is 14.3. The number of rotatable bonds is 13. The van der Waals surface area contributed by atoms with Crippen LogP contribution < -0.4 is 25.2 Å². The van der Waals surface area contributed by atoms with E-state index in [1.165, 1.54) is 10.8 Å². The summed E-state index contributed by atoms with van der Waals surface area (Å²) in [6.07, 6.45) is 2.79. The molecule has 1 aromatic carbocycles. The highest BCUT2D eigenvalue weighted by molar-refractivity contribution is 5.92. The Kier molecular flexibility index (Phi) is 8.94. The number of nitrogens with zero attached hydrogens (tertiary/aromatic N) is 8. The van der Waals surface area contributed by atoms with Gasteiger partial charge in [-0.2, -0.15) is 9.50 Å². The van der Waals surface area contributed by atoms with Gasteiger partial charge in [-0.1, -0.05) is 6.92 Å². The van der Waals surface area contributed by atoms with Gasteiger partial charge in [-0.3, -0.25) is 9.69 Å². The second-order valence-corrected chi connectivity index (χ2v) is 10.7. The second kappa shape index (κ2) is 12.8. The van der Waals surface area contributed by atoms with Crippen molar-refractivity contribution in [3.8, 4) is 17.3 Å². The van der Waals surface area contributed by atoms with Crippen molar-refractivity contribution in [1.29, 1.82) is 0 Å². The molecule has 230 valence electrons. The van der Waals surface area contributed by atoms with Crippen LogP contribution in [0.25, 0.3) is 17.2 Å². The van der Waals surface area contributed by atoms with Crippen LogP contribution in [0.1, 0.15) is 20.3 Å². The number of carbonyl (C=O) groups excluding carboxylic acids is 1. The number of aromatic nitrogens is 4. The van der Waals surface area contributed by atoms with Crippen LogP contribution in [0.15, 0.2) is 47.1 Å². The Hall–Kier alpha value is -4.46.